The Morgan fingerprint density at radius 1 is 1.33 bits per heavy atom. The monoisotopic (exact) mass is 278 g/mol. The minimum atomic E-state index is -3.57. The van der Waals surface area contributed by atoms with Crippen molar-refractivity contribution in [2.45, 2.75) is 12.0 Å². The number of rotatable bonds is 0. The maximum absolute atomic E-state index is 13.4. The molecule has 1 aliphatic rings. The quantitative estimate of drug-likeness (QED) is 0.773. The van der Waals surface area contributed by atoms with Gasteiger partial charge in [-0.1, -0.05) is 22.0 Å². The molecule has 0 bridgehead atoms. The SMILES string of the molecule is OC1C=Cc2cc(Br)cc(F)c2C1(F)F. The summed E-state index contributed by atoms with van der Waals surface area (Å²) in [5, 5.41) is 9.06. The molecular formula is C10H6BrF3O. The maximum Gasteiger partial charge on any atom is 0.305 e. The fraction of sp³-hybridized carbons (Fsp3) is 0.200. The molecule has 1 aromatic rings. The second-order valence-corrected chi connectivity index (χ2v) is 4.19. The van der Waals surface area contributed by atoms with Crippen molar-refractivity contribution < 1.29 is 18.3 Å². The summed E-state index contributed by atoms with van der Waals surface area (Å²) in [6, 6.07) is 2.34. The second kappa shape index (κ2) is 3.35. The van der Waals surface area contributed by atoms with Crippen LogP contribution in [0.1, 0.15) is 11.1 Å². The van der Waals surface area contributed by atoms with E-state index in [1.807, 2.05) is 0 Å². The van der Waals surface area contributed by atoms with Crippen LogP contribution in [0, 0.1) is 5.82 Å². The first-order chi connectivity index (χ1) is 6.93. The molecule has 0 fully saturated rings. The van der Waals surface area contributed by atoms with Crippen LogP contribution < -0.4 is 0 Å². The van der Waals surface area contributed by atoms with Gasteiger partial charge in [0.2, 0.25) is 0 Å². The van der Waals surface area contributed by atoms with Crippen LogP contribution in [0.2, 0.25) is 0 Å². The number of halogens is 4. The first-order valence-corrected chi connectivity index (χ1v) is 4.96. The van der Waals surface area contributed by atoms with E-state index in [4.69, 9.17) is 5.11 Å². The molecule has 80 valence electrons. The minimum Gasteiger partial charge on any atom is -0.382 e. The van der Waals surface area contributed by atoms with Gasteiger partial charge in [-0.3, -0.25) is 0 Å². The summed E-state index contributed by atoms with van der Waals surface area (Å²) in [5.74, 6) is -4.60. The molecule has 0 heterocycles. The van der Waals surface area contributed by atoms with Crippen molar-refractivity contribution in [2.24, 2.45) is 0 Å². The third-order valence-electron chi connectivity index (χ3n) is 2.25. The summed E-state index contributed by atoms with van der Waals surface area (Å²) in [7, 11) is 0. The Morgan fingerprint density at radius 2 is 2.00 bits per heavy atom. The zero-order valence-corrected chi connectivity index (χ0v) is 8.93. The number of fused-ring (bicyclic) bond motifs is 1. The van der Waals surface area contributed by atoms with Crippen LogP contribution in [0.3, 0.4) is 0 Å². The molecule has 0 spiro atoms. The van der Waals surface area contributed by atoms with Gasteiger partial charge in [-0.15, -0.1) is 0 Å². The zero-order chi connectivity index (χ0) is 11.2. The van der Waals surface area contributed by atoms with Gasteiger partial charge in [-0.05, 0) is 23.8 Å². The first-order valence-electron chi connectivity index (χ1n) is 4.16. The van der Waals surface area contributed by atoms with Crippen LogP contribution in [0.15, 0.2) is 22.7 Å². The lowest BCUT2D eigenvalue weighted by molar-refractivity contribution is -0.0963. The molecule has 15 heavy (non-hydrogen) atoms. The molecule has 0 saturated carbocycles. The molecule has 2 rings (SSSR count). The van der Waals surface area contributed by atoms with Crippen molar-refractivity contribution in [1.29, 1.82) is 0 Å². The molecule has 0 aliphatic heterocycles. The molecule has 1 nitrogen and oxygen atoms in total. The van der Waals surface area contributed by atoms with Crippen LogP contribution >= 0.6 is 15.9 Å². The van der Waals surface area contributed by atoms with Crippen molar-refractivity contribution in [3.63, 3.8) is 0 Å². The largest absolute Gasteiger partial charge is 0.382 e. The maximum atomic E-state index is 13.4. The molecule has 0 saturated heterocycles. The van der Waals surface area contributed by atoms with E-state index in [1.54, 1.807) is 0 Å². The van der Waals surface area contributed by atoms with E-state index in [0.29, 0.717) is 4.47 Å². The van der Waals surface area contributed by atoms with Gasteiger partial charge in [0.05, 0.1) is 5.56 Å². The average Bonchev–Trinajstić information content (AvgIpc) is 2.10. The van der Waals surface area contributed by atoms with Gasteiger partial charge in [0.25, 0.3) is 0 Å². The Hall–Kier alpha value is -0.810. The van der Waals surface area contributed by atoms with E-state index in [2.05, 4.69) is 15.9 Å². The number of aliphatic hydroxyl groups is 1. The fourth-order valence-electron chi connectivity index (χ4n) is 1.54. The summed E-state index contributed by atoms with van der Waals surface area (Å²) in [5.41, 5.74) is -0.669. The number of hydrogen-bond donors (Lipinski definition) is 1. The van der Waals surface area contributed by atoms with Gasteiger partial charge in [0.1, 0.15) is 11.9 Å². The van der Waals surface area contributed by atoms with Crippen molar-refractivity contribution >= 4 is 22.0 Å². The van der Waals surface area contributed by atoms with E-state index in [-0.39, 0.29) is 5.56 Å². The van der Waals surface area contributed by atoms with Crippen LogP contribution in [-0.2, 0) is 5.92 Å². The standard InChI is InChI=1S/C10H6BrF3O/c11-6-3-5-1-2-8(15)10(13,14)9(5)7(12)4-6/h1-4,8,15H. The van der Waals surface area contributed by atoms with Crippen LogP contribution in [0.4, 0.5) is 13.2 Å². The van der Waals surface area contributed by atoms with E-state index in [9.17, 15) is 13.2 Å². The molecule has 5 heteroatoms. The minimum absolute atomic E-state index is 0.0807. The second-order valence-electron chi connectivity index (χ2n) is 3.28. The summed E-state index contributed by atoms with van der Waals surface area (Å²) in [6.45, 7) is 0. The molecule has 1 atom stereocenters. The third-order valence-corrected chi connectivity index (χ3v) is 2.71. The molecule has 1 unspecified atom stereocenters. The van der Waals surface area contributed by atoms with Gasteiger partial charge >= 0.3 is 5.92 Å². The number of aliphatic hydroxyl groups excluding tert-OH is 1. The third kappa shape index (κ3) is 1.59. The van der Waals surface area contributed by atoms with E-state index >= 15 is 0 Å². The summed E-state index contributed by atoms with van der Waals surface area (Å²) in [6.07, 6.45) is 0.264. The summed E-state index contributed by atoms with van der Waals surface area (Å²) >= 11 is 3.01. The predicted molar refractivity (Wildman–Crippen MR) is 53.0 cm³/mol. The van der Waals surface area contributed by atoms with Gasteiger partial charge in [-0.25, -0.2) is 4.39 Å². The lowest BCUT2D eigenvalue weighted by Gasteiger charge is -2.26. The predicted octanol–water partition coefficient (Wildman–Crippen LogP) is 3.07. The summed E-state index contributed by atoms with van der Waals surface area (Å²) in [4.78, 5) is 0. The Morgan fingerprint density at radius 3 is 2.67 bits per heavy atom. The Bertz CT molecular complexity index is 443. The van der Waals surface area contributed by atoms with E-state index in [1.165, 1.54) is 12.1 Å². The van der Waals surface area contributed by atoms with Crippen molar-refractivity contribution in [2.75, 3.05) is 0 Å². The lowest BCUT2D eigenvalue weighted by atomic mass is 9.91. The molecule has 1 aliphatic carbocycles. The van der Waals surface area contributed by atoms with Gasteiger partial charge in [0, 0.05) is 4.47 Å². The Balaban J connectivity index is 2.71. The summed E-state index contributed by atoms with van der Waals surface area (Å²) < 4.78 is 40.6. The highest BCUT2D eigenvalue weighted by Crippen LogP contribution is 2.41. The van der Waals surface area contributed by atoms with E-state index < -0.39 is 23.4 Å². The number of benzene rings is 1. The molecular weight excluding hydrogens is 273 g/mol. The Labute approximate surface area is 92.4 Å². The highest BCUT2D eigenvalue weighted by atomic mass is 79.9. The molecule has 1 aromatic carbocycles. The van der Waals surface area contributed by atoms with Crippen LogP contribution in [0.5, 0.6) is 0 Å². The van der Waals surface area contributed by atoms with Gasteiger partial charge in [0.15, 0.2) is 0 Å². The highest BCUT2D eigenvalue weighted by Gasteiger charge is 2.44. The first kappa shape index (κ1) is 10.7. The van der Waals surface area contributed by atoms with Gasteiger partial charge in [-0.2, -0.15) is 8.78 Å². The van der Waals surface area contributed by atoms with E-state index in [0.717, 1.165) is 12.1 Å². The fourth-order valence-corrected chi connectivity index (χ4v) is 1.99. The topological polar surface area (TPSA) is 20.2 Å². The van der Waals surface area contributed by atoms with Crippen LogP contribution in [0.25, 0.3) is 6.08 Å². The van der Waals surface area contributed by atoms with Crippen molar-refractivity contribution in [3.8, 4) is 0 Å². The Kier molecular flexibility index (Phi) is 2.39. The lowest BCUT2D eigenvalue weighted by Crippen LogP contribution is -2.33. The smallest absolute Gasteiger partial charge is 0.305 e. The normalized spacial score (nSPS) is 22.6. The highest BCUT2D eigenvalue weighted by molar-refractivity contribution is 9.10. The molecule has 0 amide bonds. The van der Waals surface area contributed by atoms with Gasteiger partial charge < -0.3 is 5.11 Å². The van der Waals surface area contributed by atoms with Crippen molar-refractivity contribution in [3.05, 3.63) is 39.6 Å². The molecule has 0 aromatic heterocycles. The average molecular weight is 279 g/mol. The number of alkyl halides is 2. The van der Waals surface area contributed by atoms with Crippen molar-refractivity contribution in [1.82, 2.24) is 0 Å². The zero-order valence-electron chi connectivity index (χ0n) is 7.35. The number of hydrogen-bond acceptors (Lipinski definition) is 1. The van der Waals surface area contributed by atoms with Crippen LogP contribution in [-0.4, -0.2) is 11.2 Å². The molecule has 1 N–H and O–H groups in total. The molecule has 0 radical (unpaired) electrons.